The summed E-state index contributed by atoms with van der Waals surface area (Å²) < 4.78 is 18.3. The van der Waals surface area contributed by atoms with Gasteiger partial charge in [0.2, 0.25) is 0 Å². The summed E-state index contributed by atoms with van der Waals surface area (Å²) in [6, 6.07) is 14.7. The van der Waals surface area contributed by atoms with Crippen molar-refractivity contribution in [2.75, 3.05) is 21.7 Å². The molecule has 3 aromatic carbocycles. The molecule has 0 aliphatic rings. The van der Waals surface area contributed by atoms with E-state index in [0.717, 1.165) is 6.07 Å². The number of benzene rings is 3. The molecular formula is C21H15ClFN5O3. The Morgan fingerprint density at radius 3 is 2.29 bits per heavy atom. The minimum atomic E-state index is -0.576. The molecule has 31 heavy (non-hydrogen) atoms. The lowest BCUT2D eigenvalue weighted by molar-refractivity contribution is 0.102. The molecule has 0 spiro atoms. The molecule has 0 bridgehead atoms. The number of carbonyl (C=O) groups excluding carboxylic acids is 2. The second-order valence-electron chi connectivity index (χ2n) is 6.49. The largest absolute Gasteiger partial charge is 0.380 e. The zero-order chi connectivity index (χ0) is 22.0. The molecule has 0 aliphatic heterocycles. The third kappa shape index (κ3) is 4.41. The maximum absolute atomic E-state index is 13.2. The highest BCUT2D eigenvalue weighted by atomic mass is 35.5. The lowest BCUT2D eigenvalue weighted by atomic mass is 10.1. The van der Waals surface area contributed by atoms with Gasteiger partial charge in [-0.2, -0.15) is 0 Å². The van der Waals surface area contributed by atoms with E-state index in [4.69, 9.17) is 21.9 Å². The van der Waals surface area contributed by atoms with Crippen molar-refractivity contribution in [3.63, 3.8) is 0 Å². The van der Waals surface area contributed by atoms with Crippen LogP contribution in [-0.2, 0) is 0 Å². The van der Waals surface area contributed by atoms with Crippen LogP contribution in [0.25, 0.3) is 11.0 Å². The van der Waals surface area contributed by atoms with E-state index in [9.17, 15) is 14.0 Å². The number of fused-ring (bicyclic) bond motifs is 1. The lowest BCUT2D eigenvalue weighted by Gasteiger charge is -2.10. The van der Waals surface area contributed by atoms with Gasteiger partial charge < -0.3 is 26.2 Å². The minimum absolute atomic E-state index is 0.0958. The molecule has 0 atom stereocenters. The van der Waals surface area contributed by atoms with Gasteiger partial charge in [0.05, 0.1) is 16.0 Å². The van der Waals surface area contributed by atoms with E-state index in [2.05, 4.69) is 21.1 Å². The number of nitrogen functional groups attached to an aromatic ring is 1. The molecule has 0 saturated carbocycles. The highest BCUT2D eigenvalue weighted by Gasteiger charge is 2.16. The van der Waals surface area contributed by atoms with Crippen LogP contribution in [0.1, 0.15) is 10.4 Å². The van der Waals surface area contributed by atoms with E-state index in [1.807, 2.05) is 0 Å². The van der Waals surface area contributed by atoms with E-state index in [0.29, 0.717) is 33.6 Å². The maximum Gasteiger partial charge on any atom is 0.323 e. The smallest absolute Gasteiger partial charge is 0.323 e. The topological polar surface area (TPSA) is 122 Å². The van der Waals surface area contributed by atoms with Gasteiger partial charge in [0.25, 0.3) is 5.91 Å². The number of hydrogen-bond acceptors (Lipinski definition) is 5. The van der Waals surface area contributed by atoms with Gasteiger partial charge in [-0.25, -0.2) is 9.18 Å². The first-order valence-corrected chi connectivity index (χ1v) is 9.37. The van der Waals surface area contributed by atoms with Crippen LogP contribution in [0.2, 0.25) is 5.02 Å². The summed E-state index contributed by atoms with van der Waals surface area (Å²) in [6.07, 6.45) is 0. The molecule has 0 unspecified atom stereocenters. The fraction of sp³-hybridized carbons (Fsp3) is 0. The monoisotopic (exact) mass is 439 g/mol. The summed E-state index contributed by atoms with van der Waals surface area (Å²) in [5, 5.41) is 12.0. The first-order chi connectivity index (χ1) is 14.9. The number of rotatable bonds is 4. The van der Waals surface area contributed by atoms with Crippen LogP contribution >= 0.6 is 11.6 Å². The Hall–Kier alpha value is -4.11. The van der Waals surface area contributed by atoms with Crippen LogP contribution in [0.4, 0.5) is 32.1 Å². The summed E-state index contributed by atoms with van der Waals surface area (Å²) in [7, 11) is 0. The van der Waals surface area contributed by atoms with Gasteiger partial charge in [-0.1, -0.05) is 22.8 Å². The number of halogens is 2. The number of nitrogens with one attached hydrogen (secondary N) is 3. The summed E-state index contributed by atoms with van der Waals surface area (Å²) >= 11 is 5.70. The Balaban J connectivity index is 1.41. The summed E-state index contributed by atoms with van der Waals surface area (Å²) in [6.45, 7) is 0. The quantitative estimate of drug-likeness (QED) is 0.352. The number of amides is 3. The number of nitrogens with zero attached hydrogens (tertiary/aromatic N) is 1. The van der Waals surface area contributed by atoms with Gasteiger partial charge in [-0.3, -0.25) is 4.79 Å². The number of hydrogen-bond donors (Lipinski definition) is 4. The maximum atomic E-state index is 13.2. The molecule has 8 nitrogen and oxygen atoms in total. The highest BCUT2D eigenvalue weighted by molar-refractivity contribution is 6.31. The number of aromatic nitrogens is 1. The van der Waals surface area contributed by atoms with Crippen LogP contribution in [-0.4, -0.2) is 17.1 Å². The number of urea groups is 1. The summed E-state index contributed by atoms with van der Waals surface area (Å²) in [4.78, 5) is 24.7. The standard InChI is InChI=1S/C21H15ClFN5O3/c22-15-10-13(8-9-16(15)23)27-21(30)26-12-6-4-11(5-7-12)25-20(29)14-2-1-3-17-18(14)19(24)28-31-17/h1-10H,(H2,24,28)(H,25,29)(H2,26,27,30). The number of carbonyl (C=O) groups is 2. The first kappa shape index (κ1) is 20.2. The molecular weight excluding hydrogens is 425 g/mol. The zero-order valence-electron chi connectivity index (χ0n) is 15.8. The second-order valence-corrected chi connectivity index (χ2v) is 6.89. The van der Waals surface area contributed by atoms with Crippen molar-refractivity contribution in [3.8, 4) is 0 Å². The predicted octanol–water partition coefficient (Wildman–Crippen LogP) is 5.10. The van der Waals surface area contributed by atoms with Gasteiger partial charge in [0, 0.05) is 17.1 Å². The Bertz CT molecular complexity index is 1290. The van der Waals surface area contributed by atoms with Crippen LogP contribution in [0.5, 0.6) is 0 Å². The molecule has 0 aliphatic carbocycles. The van der Waals surface area contributed by atoms with Crippen LogP contribution in [0.3, 0.4) is 0 Å². The van der Waals surface area contributed by atoms with Crippen LogP contribution in [0, 0.1) is 5.82 Å². The van der Waals surface area contributed by atoms with Crippen molar-refractivity contribution in [2.24, 2.45) is 0 Å². The van der Waals surface area contributed by atoms with Crippen molar-refractivity contribution in [1.29, 1.82) is 0 Å². The Morgan fingerprint density at radius 2 is 1.58 bits per heavy atom. The molecule has 0 saturated heterocycles. The van der Waals surface area contributed by atoms with Crippen molar-refractivity contribution in [3.05, 3.63) is 77.1 Å². The highest BCUT2D eigenvalue weighted by Crippen LogP contribution is 2.25. The van der Waals surface area contributed by atoms with E-state index in [1.54, 1.807) is 42.5 Å². The lowest BCUT2D eigenvalue weighted by Crippen LogP contribution is -2.19. The SMILES string of the molecule is Nc1noc2cccc(C(=O)Nc3ccc(NC(=O)Nc4ccc(F)c(Cl)c4)cc3)c12. The number of anilines is 4. The molecule has 4 rings (SSSR count). The molecule has 3 amide bonds. The van der Waals surface area contributed by atoms with Crippen molar-refractivity contribution >= 4 is 57.4 Å². The van der Waals surface area contributed by atoms with Crippen molar-refractivity contribution in [1.82, 2.24) is 5.16 Å². The Morgan fingerprint density at radius 1 is 0.935 bits per heavy atom. The molecule has 1 aromatic heterocycles. The van der Waals surface area contributed by atoms with Gasteiger partial charge in [0.15, 0.2) is 11.4 Å². The summed E-state index contributed by atoms with van der Waals surface area (Å²) in [5.41, 5.74) is 7.86. The van der Waals surface area contributed by atoms with E-state index >= 15 is 0 Å². The molecule has 156 valence electrons. The average Bonchev–Trinajstić information content (AvgIpc) is 3.13. The van der Waals surface area contributed by atoms with Crippen LogP contribution < -0.4 is 21.7 Å². The van der Waals surface area contributed by atoms with Gasteiger partial charge in [-0.05, 0) is 54.6 Å². The van der Waals surface area contributed by atoms with E-state index in [-0.39, 0.29) is 16.7 Å². The second kappa shape index (κ2) is 8.33. The summed E-state index contributed by atoms with van der Waals surface area (Å²) in [5.74, 6) is -0.825. The molecule has 0 radical (unpaired) electrons. The Labute approximate surface area is 180 Å². The number of nitrogens with two attached hydrogens (primary N) is 1. The minimum Gasteiger partial charge on any atom is -0.380 e. The predicted molar refractivity (Wildman–Crippen MR) is 117 cm³/mol. The van der Waals surface area contributed by atoms with Crippen molar-refractivity contribution < 1.29 is 18.5 Å². The third-order valence-electron chi connectivity index (χ3n) is 4.35. The zero-order valence-corrected chi connectivity index (χ0v) is 16.5. The molecule has 1 heterocycles. The fourth-order valence-corrected chi connectivity index (χ4v) is 3.09. The van der Waals surface area contributed by atoms with E-state index in [1.165, 1.54) is 12.1 Å². The fourth-order valence-electron chi connectivity index (χ4n) is 2.91. The molecule has 10 heteroatoms. The van der Waals surface area contributed by atoms with Gasteiger partial charge in [-0.15, -0.1) is 0 Å². The molecule has 4 aromatic rings. The normalized spacial score (nSPS) is 10.6. The van der Waals surface area contributed by atoms with E-state index < -0.39 is 11.8 Å². The van der Waals surface area contributed by atoms with Gasteiger partial charge in [0.1, 0.15) is 5.82 Å². The van der Waals surface area contributed by atoms with Crippen molar-refractivity contribution in [2.45, 2.75) is 0 Å². The third-order valence-corrected chi connectivity index (χ3v) is 4.64. The van der Waals surface area contributed by atoms with Crippen LogP contribution in [0.15, 0.2) is 65.2 Å². The average molecular weight is 440 g/mol. The Kier molecular flexibility index (Phi) is 5.42. The van der Waals surface area contributed by atoms with Gasteiger partial charge >= 0.3 is 6.03 Å². The molecule has 5 N–H and O–H groups in total. The molecule has 0 fully saturated rings. The first-order valence-electron chi connectivity index (χ1n) is 8.99.